The molecule has 0 fully saturated rings. The van der Waals surface area contributed by atoms with Gasteiger partial charge in [0.1, 0.15) is 0 Å². The number of unbranched alkanes of at least 4 members (excludes halogenated alkanes) is 1. The van der Waals surface area contributed by atoms with E-state index in [4.69, 9.17) is 9.47 Å². The van der Waals surface area contributed by atoms with Crippen LogP contribution in [0.1, 0.15) is 79.6 Å². The Morgan fingerprint density at radius 3 is 1.85 bits per heavy atom. The fourth-order valence-corrected chi connectivity index (χ4v) is 2.50. The average molecular weight is 286 g/mol. The summed E-state index contributed by atoms with van der Waals surface area (Å²) >= 11 is 0. The van der Waals surface area contributed by atoms with Gasteiger partial charge in [0.05, 0.1) is 12.7 Å². The largest absolute Gasteiger partial charge is 0.378 e. The van der Waals surface area contributed by atoms with E-state index in [1.165, 1.54) is 38.5 Å². The molecule has 0 rings (SSSR count). The molecule has 0 aromatic heterocycles. The molecule has 3 atom stereocenters. The van der Waals surface area contributed by atoms with E-state index in [0.717, 1.165) is 26.2 Å². The van der Waals surface area contributed by atoms with Crippen LogP contribution in [0.2, 0.25) is 0 Å². The Morgan fingerprint density at radius 2 is 1.30 bits per heavy atom. The fourth-order valence-electron chi connectivity index (χ4n) is 2.50. The van der Waals surface area contributed by atoms with Gasteiger partial charge in [0.25, 0.3) is 0 Å². The molecular formula is C18H38O2. The van der Waals surface area contributed by atoms with Crippen LogP contribution in [0.4, 0.5) is 0 Å². The maximum Gasteiger partial charge on any atom is 0.0808 e. The molecule has 2 nitrogen and oxygen atoms in total. The predicted octanol–water partition coefficient (Wildman–Crippen LogP) is 5.45. The molecule has 0 spiro atoms. The smallest absolute Gasteiger partial charge is 0.0808 e. The SMILES string of the molecule is CCCCC(COCC(C)CCC)OCC(C)CCC. The van der Waals surface area contributed by atoms with Crippen LogP contribution in [0.15, 0.2) is 0 Å². The number of ether oxygens (including phenoxy) is 2. The highest BCUT2D eigenvalue weighted by Crippen LogP contribution is 2.12. The summed E-state index contributed by atoms with van der Waals surface area (Å²) in [6, 6.07) is 0. The zero-order chi connectivity index (χ0) is 15.2. The molecule has 0 aliphatic rings. The van der Waals surface area contributed by atoms with Crippen LogP contribution in [-0.2, 0) is 9.47 Å². The maximum absolute atomic E-state index is 6.08. The Morgan fingerprint density at radius 1 is 0.700 bits per heavy atom. The molecular weight excluding hydrogens is 248 g/mol. The van der Waals surface area contributed by atoms with Crippen LogP contribution in [0.25, 0.3) is 0 Å². The van der Waals surface area contributed by atoms with Gasteiger partial charge >= 0.3 is 0 Å². The topological polar surface area (TPSA) is 18.5 Å². The first-order chi connectivity index (χ1) is 9.63. The Labute approximate surface area is 127 Å². The van der Waals surface area contributed by atoms with Gasteiger partial charge in [-0.15, -0.1) is 0 Å². The average Bonchev–Trinajstić information content (AvgIpc) is 2.42. The Balaban J connectivity index is 3.88. The molecule has 0 heterocycles. The van der Waals surface area contributed by atoms with Crippen molar-refractivity contribution in [1.29, 1.82) is 0 Å². The summed E-state index contributed by atoms with van der Waals surface area (Å²) in [4.78, 5) is 0. The molecule has 0 saturated carbocycles. The summed E-state index contributed by atoms with van der Waals surface area (Å²) in [6.07, 6.45) is 8.91. The van der Waals surface area contributed by atoms with Crippen molar-refractivity contribution in [3.63, 3.8) is 0 Å². The van der Waals surface area contributed by atoms with Gasteiger partial charge in [-0.1, -0.05) is 60.3 Å². The van der Waals surface area contributed by atoms with Crippen LogP contribution in [-0.4, -0.2) is 25.9 Å². The van der Waals surface area contributed by atoms with Crippen LogP contribution < -0.4 is 0 Å². The van der Waals surface area contributed by atoms with Crippen LogP contribution in [0.3, 0.4) is 0 Å². The molecule has 0 saturated heterocycles. The summed E-state index contributed by atoms with van der Waals surface area (Å²) in [5, 5.41) is 0. The van der Waals surface area contributed by atoms with Crippen LogP contribution in [0.5, 0.6) is 0 Å². The van der Waals surface area contributed by atoms with Gasteiger partial charge in [-0.2, -0.15) is 0 Å². The zero-order valence-electron chi connectivity index (χ0n) is 14.6. The van der Waals surface area contributed by atoms with Crippen molar-refractivity contribution in [1.82, 2.24) is 0 Å². The molecule has 2 heteroatoms. The van der Waals surface area contributed by atoms with Gasteiger partial charge in [0.15, 0.2) is 0 Å². The number of hydrogen-bond acceptors (Lipinski definition) is 2. The van der Waals surface area contributed by atoms with Gasteiger partial charge in [-0.25, -0.2) is 0 Å². The first-order valence-electron chi connectivity index (χ1n) is 8.83. The van der Waals surface area contributed by atoms with Crippen molar-refractivity contribution in [2.75, 3.05) is 19.8 Å². The maximum atomic E-state index is 6.08. The lowest BCUT2D eigenvalue weighted by molar-refractivity contribution is -0.0389. The Bertz CT molecular complexity index is 194. The third-order valence-corrected chi connectivity index (χ3v) is 3.77. The minimum Gasteiger partial charge on any atom is -0.378 e. The highest BCUT2D eigenvalue weighted by Gasteiger charge is 2.12. The second-order valence-corrected chi connectivity index (χ2v) is 6.42. The van der Waals surface area contributed by atoms with E-state index in [1.807, 2.05) is 0 Å². The van der Waals surface area contributed by atoms with E-state index >= 15 is 0 Å². The summed E-state index contributed by atoms with van der Waals surface area (Å²) < 4.78 is 11.9. The molecule has 0 aliphatic heterocycles. The quantitative estimate of drug-likeness (QED) is 0.422. The van der Waals surface area contributed by atoms with Crippen LogP contribution >= 0.6 is 0 Å². The van der Waals surface area contributed by atoms with E-state index in [0.29, 0.717) is 17.9 Å². The summed E-state index contributed by atoms with van der Waals surface area (Å²) in [6.45, 7) is 13.8. The van der Waals surface area contributed by atoms with Gasteiger partial charge in [0.2, 0.25) is 0 Å². The molecule has 0 aliphatic carbocycles. The van der Waals surface area contributed by atoms with Gasteiger partial charge in [-0.3, -0.25) is 0 Å². The molecule has 0 bridgehead atoms. The first-order valence-corrected chi connectivity index (χ1v) is 8.83. The highest BCUT2D eigenvalue weighted by molar-refractivity contribution is 4.60. The number of rotatable bonds is 14. The molecule has 3 unspecified atom stereocenters. The molecule has 0 N–H and O–H groups in total. The third kappa shape index (κ3) is 11.7. The third-order valence-electron chi connectivity index (χ3n) is 3.77. The van der Waals surface area contributed by atoms with E-state index in [-0.39, 0.29) is 0 Å². The summed E-state index contributed by atoms with van der Waals surface area (Å²) in [7, 11) is 0. The lowest BCUT2D eigenvalue weighted by atomic mass is 10.1. The first kappa shape index (κ1) is 19.9. The number of hydrogen-bond donors (Lipinski definition) is 0. The second kappa shape index (κ2) is 13.9. The minimum atomic E-state index is 0.295. The van der Waals surface area contributed by atoms with Crippen molar-refractivity contribution < 1.29 is 9.47 Å². The fraction of sp³-hybridized carbons (Fsp3) is 1.00. The van der Waals surface area contributed by atoms with Crippen molar-refractivity contribution in [2.45, 2.75) is 85.7 Å². The predicted molar refractivity (Wildman–Crippen MR) is 88.2 cm³/mol. The summed E-state index contributed by atoms with van der Waals surface area (Å²) in [5.41, 5.74) is 0. The molecule has 122 valence electrons. The standard InChI is InChI=1S/C18H38O2/c1-6-9-12-18(20-14-17(5)11-8-3)15-19-13-16(4)10-7-2/h16-18H,6-15H2,1-5H3. The van der Waals surface area contributed by atoms with Crippen molar-refractivity contribution in [2.24, 2.45) is 11.8 Å². The normalized spacial score (nSPS) is 16.1. The van der Waals surface area contributed by atoms with E-state index in [1.54, 1.807) is 0 Å². The van der Waals surface area contributed by atoms with Crippen molar-refractivity contribution in [3.05, 3.63) is 0 Å². The van der Waals surface area contributed by atoms with Gasteiger partial charge in [0, 0.05) is 13.2 Å². The molecule has 0 amide bonds. The Kier molecular flexibility index (Phi) is 13.8. The molecule has 0 aromatic rings. The van der Waals surface area contributed by atoms with E-state index in [2.05, 4.69) is 34.6 Å². The van der Waals surface area contributed by atoms with Gasteiger partial charge in [-0.05, 0) is 31.1 Å². The highest BCUT2D eigenvalue weighted by atomic mass is 16.5. The molecule has 0 radical (unpaired) electrons. The van der Waals surface area contributed by atoms with Gasteiger partial charge < -0.3 is 9.47 Å². The molecule has 0 aromatic carbocycles. The summed E-state index contributed by atoms with van der Waals surface area (Å²) in [5.74, 6) is 1.34. The van der Waals surface area contributed by atoms with E-state index < -0.39 is 0 Å². The molecule has 20 heavy (non-hydrogen) atoms. The lowest BCUT2D eigenvalue weighted by Crippen LogP contribution is -2.24. The second-order valence-electron chi connectivity index (χ2n) is 6.42. The Hall–Kier alpha value is -0.0800. The minimum absolute atomic E-state index is 0.295. The monoisotopic (exact) mass is 286 g/mol. The van der Waals surface area contributed by atoms with Crippen LogP contribution in [0, 0.1) is 11.8 Å². The van der Waals surface area contributed by atoms with Crippen molar-refractivity contribution >= 4 is 0 Å². The lowest BCUT2D eigenvalue weighted by Gasteiger charge is -2.21. The van der Waals surface area contributed by atoms with E-state index in [9.17, 15) is 0 Å². The zero-order valence-corrected chi connectivity index (χ0v) is 14.6. The van der Waals surface area contributed by atoms with Crippen molar-refractivity contribution in [3.8, 4) is 0 Å².